The summed E-state index contributed by atoms with van der Waals surface area (Å²) in [5, 5.41) is 7.20. The van der Waals surface area contributed by atoms with Crippen molar-refractivity contribution < 1.29 is 14.3 Å². The van der Waals surface area contributed by atoms with Crippen LogP contribution in [0, 0.1) is 13.8 Å². The number of benzene rings is 3. The first kappa shape index (κ1) is 26.6. The van der Waals surface area contributed by atoms with Gasteiger partial charge >= 0.3 is 6.09 Å². The van der Waals surface area contributed by atoms with E-state index < -0.39 is 23.8 Å². The van der Waals surface area contributed by atoms with Gasteiger partial charge in [-0.3, -0.25) is 4.79 Å². The molecule has 2 N–H and O–H groups in total. The zero-order valence-corrected chi connectivity index (χ0v) is 22.0. The second-order valence-corrected chi connectivity index (χ2v) is 10.4. The van der Waals surface area contributed by atoms with Crippen LogP contribution in [-0.2, 0) is 4.74 Å². The van der Waals surface area contributed by atoms with Gasteiger partial charge in [0.25, 0.3) is 5.91 Å². The average Bonchev–Trinajstić information content (AvgIpc) is 2.76. The highest BCUT2D eigenvalue weighted by Crippen LogP contribution is 2.32. The first-order chi connectivity index (χ1) is 16.4. The van der Waals surface area contributed by atoms with E-state index in [1.807, 2.05) is 50.2 Å². The summed E-state index contributed by atoms with van der Waals surface area (Å²) in [6.07, 6.45) is -0.600. The quantitative estimate of drug-likeness (QED) is 0.362. The van der Waals surface area contributed by atoms with E-state index in [1.54, 1.807) is 51.1 Å². The second-order valence-electron chi connectivity index (χ2n) is 9.50. The van der Waals surface area contributed by atoms with E-state index >= 15 is 0 Å². The maximum atomic E-state index is 13.4. The number of amides is 2. The number of carbonyl (C=O) groups excluding carboxylic acids is 2. The van der Waals surface area contributed by atoms with Crippen LogP contribution in [0.2, 0.25) is 10.0 Å². The van der Waals surface area contributed by atoms with Crippen LogP contribution in [0.25, 0.3) is 0 Å². The zero-order valence-electron chi connectivity index (χ0n) is 20.5. The molecule has 0 unspecified atom stereocenters. The fourth-order valence-electron chi connectivity index (χ4n) is 3.78. The average molecular weight is 513 g/mol. The molecule has 35 heavy (non-hydrogen) atoms. The summed E-state index contributed by atoms with van der Waals surface area (Å²) in [6.45, 7) is 9.26. The molecule has 0 spiro atoms. The third-order valence-corrected chi connectivity index (χ3v) is 5.88. The van der Waals surface area contributed by atoms with Crippen LogP contribution in [0.1, 0.15) is 65.5 Å². The molecule has 0 radical (unpaired) electrons. The molecule has 0 fully saturated rings. The number of hydrogen-bond acceptors (Lipinski definition) is 3. The minimum Gasteiger partial charge on any atom is -0.444 e. The molecular weight excluding hydrogens is 483 g/mol. The molecule has 184 valence electrons. The lowest BCUT2D eigenvalue weighted by Crippen LogP contribution is -2.42. The number of nitrogens with one attached hydrogen (secondary N) is 2. The van der Waals surface area contributed by atoms with Crippen LogP contribution in [-0.4, -0.2) is 17.6 Å². The topological polar surface area (TPSA) is 67.4 Å². The number of aryl methyl sites for hydroxylation is 2. The van der Waals surface area contributed by atoms with Crippen molar-refractivity contribution in [3.05, 3.63) is 105 Å². The van der Waals surface area contributed by atoms with E-state index in [0.717, 1.165) is 22.3 Å². The molecule has 5 nitrogen and oxygen atoms in total. The molecule has 3 rings (SSSR count). The van der Waals surface area contributed by atoms with Crippen LogP contribution in [0.15, 0.2) is 66.7 Å². The van der Waals surface area contributed by atoms with Gasteiger partial charge in [-0.25, -0.2) is 4.79 Å². The molecule has 2 atom stereocenters. The van der Waals surface area contributed by atoms with Gasteiger partial charge in [0.15, 0.2) is 0 Å². The minimum absolute atomic E-state index is 0.257. The molecule has 3 aromatic carbocycles. The summed E-state index contributed by atoms with van der Waals surface area (Å²) in [6, 6.07) is 18.6. The van der Waals surface area contributed by atoms with Gasteiger partial charge < -0.3 is 15.4 Å². The summed E-state index contributed by atoms with van der Waals surface area (Å²) in [5.41, 5.74) is 3.32. The molecule has 0 aliphatic rings. The SMILES string of the molecule is Cc1ccc(C(=O)N[C@@H](c2ccc(Cl)cc2)[C@H](NC(=O)OC(C)(C)C)c2ccc(Cl)cc2)c(C)c1. The van der Waals surface area contributed by atoms with E-state index in [0.29, 0.717) is 15.6 Å². The van der Waals surface area contributed by atoms with E-state index in [2.05, 4.69) is 10.6 Å². The molecule has 0 aromatic heterocycles. The Bertz CT molecular complexity index is 1190. The third-order valence-electron chi connectivity index (χ3n) is 5.38. The van der Waals surface area contributed by atoms with E-state index in [-0.39, 0.29) is 5.91 Å². The normalized spacial score (nSPS) is 13.0. The van der Waals surface area contributed by atoms with Gasteiger partial charge in [-0.05, 0) is 81.6 Å². The number of alkyl carbamates (subject to hydrolysis) is 1. The molecule has 7 heteroatoms. The number of halogens is 2. The van der Waals surface area contributed by atoms with E-state index in [9.17, 15) is 9.59 Å². The predicted octanol–water partition coefficient (Wildman–Crippen LogP) is 7.35. The summed E-state index contributed by atoms with van der Waals surface area (Å²) in [5.74, 6) is -0.257. The highest BCUT2D eigenvalue weighted by atomic mass is 35.5. The lowest BCUT2D eigenvalue weighted by atomic mass is 9.92. The Balaban J connectivity index is 2.05. The maximum absolute atomic E-state index is 13.4. The van der Waals surface area contributed by atoms with E-state index in [4.69, 9.17) is 27.9 Å². The summed E-state index contributed by atoms with van der Waals surface area (Å²) in [7, 11) is 0. The highest BCUT2D eigenvalue weighted by Gasteiger charge is 2.30. The van der Waals surface area contributed by atoms with Crippen molar-refractivity contribution >= 4 is 35.2 Å². The van der Waals surface area contributed by atoms with Gasteiger partial charge in [0.2, 0.25) is 0 Å². The first-order valence-corrected chi connectivity index (χ1v) is 12.1. The van der Waals surface area contributed by atoms with Crippen molar-refractivity contribution in [1.29, 1.82) is 0 Å². The van der Waals surface area contributed by atoms with Crippen molar-refractivity contribution in [3.8, 4) is 0 Å². The number of rotatable bonds is 6. The number of carbonyl (C=O) groups is 2. The fourth-order valence-corrected chi connectivity index (χ4v) is 4.03. The minimum atomic E-state index is -0.688. The lowest BCUT2D eigenvalue weighted by molar-refractivity contribution is 0.0487. The lowest BCUT2D eigenvalue weighted by Gasteiger charge is -2.31. The highest BCUT2D eigenvalue weighted by molar-refractivity contribution is 6.30. The third kappa shape index (κ3) is 7.48. The molecule has 0 heterocycles. The predicted molar refractivity (Wildman–Crippen MR) is 141 cm³/mol. The van der Waals surface area contributed by atoms with Gasteiger partial charge in [-0.15, -0.1) is 0 Å². The van der Waals surface area contributed by atoms with Crippen molar-refractivity contribution in [2.75, 3.05) is 0 Å². The Morgan fingerprint density at radius 3 is 1.71 bits per heavy atom. The molecule has 0 bridgehead atoms. The summed E-state index contributed by atoms with van der Waals surface area (Å²) in [4.78, 5) is 26.3. The fraction of sp³-hybridized carbons (Fsp3) is 0.286. The Morgan fingerprint density at radius 2 is 1.26 bits per heavy atom. The second kappa shape index (κ2) is 11.1. The van der Waals surface area contributed by atoms with Gasteiger partial charge in [0, 0.05) is 15.6 Å². The molecule has 0 saturated heterocycles. The van der Waals surface area contributed by atoms with Crippen molar-refractivity contribution in [3.63, 3.8) is 0 Å². The van der Waals surface area contributed by atoms with Gasteiger partial charge in [-0.1, -0.05) is 65.2 Å². The van der Waals surface area contributed by atoms with Crippen molar-refractivity contribution in [1.82, 2.24) is 10.6 Å². The largest absolute Gasteiger partial charge is 0.444 e. The Kier molecular flexibility index (Phi) is 8.47. The van der Waals surface area contributed by atoms with Crippen LogP contribution in [0.4, 0.5) is 4.79 Å². The number of hydrogen-bond donors (Lipinski definition) is 2. The standard InChI is InChI=1S/C28H30Cl2N2O3/c1-17-6-15-23(18(2)16-17)26(33)31-24(19-7-11-21(29)12-8-19)25(20-9-13-22(30)14-10-20)32-27(34)35-28(3,4)5/h6-16,24-25H,1-5H3,(H,31,33)(H,32,34)/t24-,25+/m0/s1. The smallest absolute Gasteiger partial charge is 0.408 e. The summed E-state index contributed by atoms with van der Waals surface area (Å²) >= 11 is 12.3. The monoisotopic (exact) mass is 512 g/mol. The Labute approximate surface area is 216 Å². The van der Waals surface area contributed by atoms with Crippen LogP contribution < -0.4 is 10.6 Å². The number of ether oxygens (including phenoxy) is 1. The van der Waals surface area contributed by atoms with Crippen LogP contribution in [0.5, 0.6) is 0 Å². The molecule has 0 aliphatic heterocycles. The first-order valence-electron chi connectivity index (χ1n) is 11.3. The molecule has 0 aliphatic carbocycles. The maximum Gasteiger partial charge on any atom is 0.408 e. The molecule has 0 saturated carbocycles. The van der Waals surface area contributed by atoms with Crippen molar-refractivity contribution in [2.24, 2.45) is 0 Å². The van der Waals surface area contributed by atoms with Crippen LogP contribution in [0.3, 0.4) is 0 Å². The van der Waals surface area contributed by atoms with Gasteiger partial charge in [-0.2, -0.15) is 0 Å². The van der Waals surface area contributed by atoms with Crippen molar-refractivity contribution in [2.45, 2.75) is 52.3 Å². The Hall–Kier alpha value is -3.02. The van der Waals surface area contributed by atoms with Gasteiger partial charge in [0.1, 0.15) is 5.60 Å². The Morgan fingerprint density at radius 1 is 0.771 bits per heavy atom. The van der Waals surface area contributed by atoms with E-state index in [1.165, 1.54) is 0 Å². The van der Waals surface area contributed by atoms with Gasteiger partial charge in [0.05, 0.1) is 12.1 Å². The summed E-state index contributed by atoms with van der Waals surface area (Å²) < 4.78 is 5.53. The molecule has 2 amide bonds. The molecule has 3 aromatic rings. The molecular formula is C28H30Cl2N2O3. The van der Waals surface area contributed by atoms with Crippen LogP contribution >= 0.6 is 23.2 Å². The zero-order chi connectivity index (χ0) is 25.8.